The highest BCUT2D eigenvalue weighted by Gasteiger charge is 2.29. The van der Waals surface area contributed by atoms with E-state index in [0.717, 1.165) is 18.4 Å². The Balaban J connectivity index is 1.49. The third-order valence-electron chi connectivity index (χ3n) is 5.36. The number of benzene rings is 1. The van der Waals surface area contributed by atoms with Gasteiger partial charge in [-0.15, -0.1) is 0 Å². The van der Waals surface area contributed by atoms with Crippen molar-refractivity contribution in [3.63, 3.8) is 0 Å². The third kappa shape index (κ3) is 5.05. The van der Waals surface area contributed by atoms with E-state index in [1.807, 2.05) is 35.2 Å². The molecule has 25 heavy (non-hydrogen) atoms. The highest BCUT2D eigenvalue weighted by atomic mass is 32.2. The Bertz CT molecular complexity index is 661. The molecule has 2 fully saturated rings. The Morgan fingerprint density at radius 3 is 2.24 bits per heavy atom. The number of rotatable bonds is 5. The number of hydrogen-bond acceptors (Lipinski definition) is 3. The third-order valence-corrected chi connectivity index (χ3v) is 7.21. The van der Waals surface area contributed by atoms with E-state index < -0.39 is 10.0 Å². The van der Waals surface area contributed by atoms with Crippen molar-refractivity contribution in [2.45, 2.75) is 44.3 Å². The van der Waals surface area contributed by atoms with E-state index in [1.54, 1.807) is 0 Å². The summed E-state index contributed by atoms with van der Waals surface area (Å²) in [7, 11) is -3.32. The highest BCUT2D eigenvalue weighted by Crippen LogP contribution is 2.27. The van der Waals surface area contributed by atoms with Crippen LogP contribution in [0.1, 0.15) is 44.1 Å². The Hall–Kier alpha value is -1.40. The molecule has 0 radical (unpaired) electrons. The van der Waals surface area contributed by atoms with Gasteiger partial charge in [-0.05, 0) is 24.3 Å². The maximum atomic E-state index is 12.6. The molecule has 0 N–H and O–H groups in total. The Labute approximate surface area is 151 Å². The van der Waals surface area contributed by atoms with Gasteiger partial charge in [-0.3, -0.25) is 4.79 Å². The molecule has 1 aromatic carbocycles. The fourth-order valence-electron chi connectivity index (χ4n) is 3.86. The summed E-state index contributed by atoms with van der Waals surface area (Å²) in [6, 6.07) is 9.26. The molecular formula is C19H28N2O3S. The van der Waals surface area contributed by atoms with E-state index in [2.05, 4.69) is 0 Å². The number of carbonyl (C=O) groups is 1. The molecular weight excluding hydrogens is 336 g/mol. The fraction of sp³-hybridized carbons (Fsp3) is 0.632. The molecule has 0 bridgehead atoms. The van der Waals surface area contributed by atoms with Crippen molar-refractivity contribution in [2.24, 2.45) is 5.92 Å². The van der Waals surface area contributed by atoms with E-state index >= 15 is 0 Å². The zero-order valence-corrected chi connectivity index (χ0v) is 15.6. The van der Waals surface area contributed by atoms with Gasteiger partial charge in [0.1, 0.15) is 0 Å². The maximum absolute atomic E-state index is 12.6. The van der Waals surface area contributed by atoms with Gasteiger partial charge in [-0.2, -0.15) is 4.31 Å². The molecule has 3 rings (SSSR count). The molecule has 0 spiro atoms. The molecule has 2 aliphatic rings. The molecule has 1 aliphatic carbocycles. The number of piperazine rings is 1. The van der Waals surface area contributed by atoms with E-state index in [9.17, 15) is 13.2 Å². The van der Waals surface area contributed by atoms with Crippen LogP contribution in [0.5, 0.6) is 0 Å². The van der Waals surface area contributed by atoms with Crippen LogP contribution in [0.2, 0.25) is 0 Å². The fourth-order valence-corrected chi connectivity index (χ4v) is 5.38. The molecule has 0 unspecified atom stereocenters. The molecule has 1 aliphatic heterocycles. The standard InChI is InChI=1S/C19H28N2O3S/c22-19(15-17-7-3-1-4-8-17)20-11-13-21(14-12-20)25(23,24)16-18-9-5-2-6-10-18/h2,5-6,9-10,17H,1,3-4,7-8,11-16H2. The first-order chi connectivity index (χ1) is 12.0. The Kier molecular flexibility index (Phi) is 6.12. The van der Waals surface area contributed by atoms with Gasteiger partial charge in [-0.1, -0.05) is 49.6 Å². The first kappa shape index (κ1) is 18.4. The summed E-state index contributed by atoms with van der Waals surface area (Å²) in [4.78, 5) is 14.3. The molecule has 138 valence electrons. The molecule has 1 aromatic rings. The van der Waals surface area contributed by atoms with Crippen molar-refractivity contribution in [3.8, 4) is 0 Å². The number of hydrogen-bond donors (Lipinski definition) is 0. The van der Waals surface area contributed by atoms with Crippen molar-refractivity contribution in [3.05, 3.63) is 35.9 Å². The van der Waals surface area contributed by atoms with Crippen LogP contribution in [-0.2, 0) is 20.6 Å². The predicted molar refractivity (Wildman–Crippen MR) is 98.4 cm³/mol. The summed E-state index contributed by atoms with van der Waals surface area (Å²) in [5, 5.41) is 0. The van der Waals surface area contributed by atoms with E-state index in [0.29, 0.717) is 38.5 Å². The summed E-state index contributed by atoms with van der Waals surface area (Å²) in [6.45, 7) is 1.84. The van der Waals surface area contributed by atoms with Crippen molar-refractivity contribution in [1.29, 1.82) is 0 Å². The lowest BCUT2D eigenvalue weighted by atomic mass is 9.86. The summed E-state index contributed by atoms with van der Waals surface area (Å²) < 4.78 is 26.7. The summed E-state index contributed by atoms with van der Waals surface area (Å²) >= 11 is 0. The van der Waals surface area contributed by atoms with Gasteiger partial charge in [0, 0.05) is 32.6 Å². The molecule has 1 saturated carbocycles. The largest absolute Gasteiger partial charge is 0.340 e. The number of nitrogens with zero attached hydrogens (tertiary/aromatic N) is 2. The predicted octanol–water partition coefficient (Wildman–Crippen LogP) is 2.63. The van der Waals surface area contributed by atoms with Gasteiger partial charge < -0.3 is 4.90 Å². The molecule has 6 heteroatoms. The van der Waals surface area contributed by atoms with Crippen LogP contribution in [0.4, 0.5) is 0 Å². The van der Waals surface area contributed by atoms with Crippen LogP contribution in [0, 0.1) is 5.92 Å². The lowest BCUT2D eigenvalue weighted by Gasteiger charge is -2.35. The van der Waals surface area contributed by atoms with Crippen LogP contribution in [0.25, 0.3) is 0 Å². The van der Waals surface area contributed by atoms with E-state index in [-0.39, 0.29) is 11.7 Å². The van der Waals surface area contributed by atoms with Gasteiger partial charge in [-0.25, -0.2) is 8.42 Å². The van der Waals surface area contributed by atoms with Gasteiger partial charge in [0.25, 0.3) is 0 Å². The van der Waals surface area contributed by atoms with E-state index in [1.165, 1.54) is 23.6 Å². The van der Waals surface area contributed by atoms with Crippen molar-refractivity contribution in [2.75, 3.05) is 26.2 Å². The normalized spacial score (nSPS) is 20.6. The lowest BCUT2D eigenvalue weighted by molar-refractivity contribution is -0.133. The topological polar surface area (TPSA) is 57.7 Å². The molecule has 5 nitrogen and oxygen atoms in total. The number of carbonyl (C=O) groups excluding carboxylic acids is 1. The van der Waals surface area contributed by atoms with Crippen molar-refractivity contribution >= 4 is 15.9 Å². The van der Waals surface area contributed by atoms with E-state index in [4.69, 9.17) is 0 Å². The van der Waals surface area contributed by atoms with Crippen LogP contribution in [0.15, 0.2) is 30.3 Å². The average molecular weight is 365 g/mol. The Morgan fingerprint density at radius 2 is 1.60 bits per heavy atom. The van der Waals surface area contributed by atoms with Crippen LogP contribution < -0.4 is 0 Å². The smallest absolute Gasteiger partial charge is 0.222 e. The minimum atomic E-state index is -3.32. The zero-order chi connectivity index (χ0) is 17.7. The number of amides is 1. The minimum absolute atomic E-state index is 0.0316. The van der Waals surface area contributed by atoms with Gasteiger partial charge in [0.2, 0.25) is 15.9 Å². The summed E-state index contributed by atoms with van der Waals surface area (Å²) in [6.07, 6.45) is 6.74. The Morgan fingerprint density at radius 1 is 0.960 bits per heavy atom. The zero-order valence-electron chi connectivity index (χ0n) is 14.8. The van der Waals surface area contributed by atoms with Crippen molar-refractivity contribution < 1.29 is 13.2 Å². The van der Waals surface area contributed by atoms with Crippen LogP contribution in [-0.4, -0.2) is 49.7 Å². The second-order valence-electron chi connectivity index (χ2n) is 7.23. The van der Waals surface area contributed by atoms with Gasteiger partial charge in [0.05, 0.1) is 5.75 Å². The maximum Gasteiger partial charge on any atom is 0.222 e. The van der Waals surface area contributed by atoms with Crippen LogP contribution >= 0.6 is 0 Å². The van der Waals surface area contributed by atoms with Crippen LogP contribution in [0.3, 0.4) is 0 Å². The lowest BCUT2D eigenvalue weighted by Crippen LogP contribution is -2.51. The monoisotopic (exact) mass is 364 g/mol. The molecule has 1 amide bonds. The first-order valence-corrected chi connectivity index (χ1v) is 10.9. The minimum Gasteiger partial charge on any atom is -0.340 e. The molecule has 0 aromatic heterocycles. The quantitative estimate of drug-likeness (QED) is 0.807. The molecule has 1 saturated heterocycles. The number of sulfonamides is 1. The SMILES string of the molecule is O=C(CC1CCCCC1)N1CCN(S(=O)(=O)Cc2ccccc2)CC1. The average Bonchev–Trinajstić information content (AvgIpc) is 2.63. The molecule has 0 atom stereocenters. The second-order valence-corrected chi connectivity index (χ2v) is 9.20. The van der Waals surface area contributed by atoms with Gasteiger partial charge >= 0.3 is 0 Å². The first-order valence-electron chi connectivity index (χ1n) is 9.34. The second kappa shape index (κ2) is 8.32. The summed E-state index contributed by atoms with van der Waals surface area (Å²) in [5.74, 6) is 0.761. The van der Waals surface area contributed by atoms with Crippen molar-refractivity contribution in [1.82, 2.24) is 9.21 Å². The van der Waals surface area contributed by atoms with Gasteiger partial charge in [0.15, 0.2) is 0 Å². The highest BCUT2D eigenvalue weighted by molar-refractivity contribution is 7.88. The summed E-state index contributed by atoms with van der Waals surface area (Å²) in [5.41, 5.74) is 0.804. The molecule has 1 heterocycles.